The number of sulfonamides is 1. The number of hydrogen-bond acceptors (Lipinski definition) is 5. The zero-order valence-electron chi connectivity index (χ0n) is 19.4. The summed E-state index contributed by atoms with van der Waals surface area (Å²) >= 11 is 0. The van der Waals surface area contributed by atoms with Crippen molar-refractivity contribution in [1.29, 1.82) is 0 Å². The van der Waals surface area contributed by atoms with Crippen molar-refractivity contribution < 1.29 is 22.7 Å². The lowest BCUT2D eigenvalue weighted by Crippen LogP contribution is -2.38. The summed E-state index contributed by atoms with van der Waals surface area (Å²) < 4.78 is 33.3. The Balaban J connectivity index is 1.93. The third kappa shape index (κ3) is 5.82. The van der Waals surface area contributed by atoms with E-state index in [9.17, 15) is 18.0 Å². The second-order valence-electron chi connectivity index (χ2n) is 7.66. The van der Waals surface area contributed by atoms with Gasteiger partial charge in [-0.3, -0.25) is 9.10 Å². The van der Waals surface area contributed by atoms with E-state index in [4.69, 9.17) is 4.74 Å². The van der Waals surface area contributed by atoms with E-state index in [1.165, 1.54) is 18.2 Å². The minimum absolute atomic E-state index is 0.0983. The number of amides is 1. The molecule has 8 heteroatoms. The van der Waals surface area contributed by atoms with Crippen molar-refractivity contribution in [2.75, 3.05) is 22.8 Å². The molecule has 34 heavy (non-hydrogen) atoms. The maximum Gasteiger partial charge on any atom is 0.338 e. The van der Waals surface area contributed by atoms with Crippen molar-refractivity contribution in [3.05, 3.63) is 89.5 Å². The Morgan fingerprint density at radius 1 is 0.941 bits per heavy atom. The van der Waals surface area contributed by atoms with E-state index in [-0.39, 0.29) is 11.5 Å². The summed E-state index contributed by atoms with van der Waals surface area (Å²) in [6.45, 7) is 5.31. The standard InChI is InChI=1S/C26H28N2O5S/c1-4-20-9-6-7-12-24(20)28(34(31,32)23-15-13-19(3)14-16-23)18-25(29)27-22-11-8-10-21(17-22)26(30)33-5-2/h6-17H,4-5,18H2,1-3H3,(H,27,29). The third-order valence-corrected chi connectivity index (χ3v) is 6.97. The summed E-state index contributed by atoms with van der Waals surface area (Å²) in [7, 11) is -4.02. The minimum atomic E-state index is -4.02. The van der Waals surface area contributed by atoms with E-state index in [1.54, 1.807) is 49.4 Å². The van der Waals surface area contributed by atoms with Gasteiger partial charge in [0.15, 0.2) is 0 Å². The Labute approximate surface area is 200 Å². The molecule has 3 rings (SSSR count). The molecule has 0 aromatic heterocycles. The van der Waals surface area contributed by atoms with Crippen molar-refractivity contribution in [2.45, 2.75) is 32.1 Å². The number of esters is 1. The fourth-order valence-corrected chi connectivity index (χ4v) is 4.92. The molecule has 0 radical (unpaired) electrons. The van der Waals surface area contributed by atoms with Crippen molar-refractivity contribution >= 4 is 33.3 Å². The van der Waals surface area contributed by atoms with Crippen LogP contribution in [0.1, 0.15) is 35.3 Å². The van der Waals surface area contributed by atoms with Gasteiger partial charge < -0.3 is 10.1 Å². The fourth-order valence-electron chi connectivity index (χ4n) is 3.46. The number of nitrogens with zero attached hydrogens (tertiary/aromatic N) is 1. The van der Waals surface area contributed by atoms with Gasteiger partial charge in [0.25, 0.3) is 10.0 Å². The summed E-state index contributed by atoms with van der Waals surface area (Å²) in [6, 6.07) is 19.9. The Kier molecular flexibility index (Phi) is 8.07. The van der Waals surface area contributed by atoms with E-state index in [0.717, 1.165) is 15.4 Å². The van der Waals surface area contributed by atoms with Crippen molar-refractivity contribution in [3.8, 4) is 0 Å². The number of para-hydroxylation sites is 1. The monoisotopic (exact) mass is 480 g/mol. The topological polar surface area (TPSA) is 92.8 Å². The molecule has 0 aliphatic rings. The lowest BCUT2D eigenvalue weighted by molar-refractivity contribution is -0.114. The first-order valence-corrected chi connectivity index (χ1v) is 12.4. The molecule has 0 aliphatic heterocycles. The molecule has 7 nitrogen and oxygen atoms in total. The zero-order chi connectivity index (χ0) is 24.7. The van der Waals surface area contributed by atoms with Gasteiger partial charge in [0, 0.05) is 5.69 Å². The quantitative estimate of drug-likeness (QED) is 0.453. The van der Waals surface area contributed by atoms with Gasteiger partial charge in [-0.05, 0) is 62.2 Å². The molecule has 178 valence electrons. The van der Waals surface area contributed by atoms with Gasteiger partial charge in [0.05, 0.1) is 22.8 Å². The number of carbonyl (C=O) groups is 2. The van der Waals surface area contributed by atoms with Crippen LogP contribution in [0.3, 0.4) is 0 Å². The van der Waals surface area contributed by atoms with Crippen LogP contribution in [0.4, 0.5) is 11.4 Å². The van der Waals surface area contributed by atoms with Crippen LogP contribution in [-0.4, -0.2) is 33.4 Å². The van der Waals surface area contributed by atoms with Crippen LogP contribution in [0.15, 0.2) is 77.7 Å². The molecule has 3 aromatic rings. The van der Waals surface area contributed by atoms with Gasteiger partial charge in [-0.15, -0.1) is 0 Å². The van der Waals surface area contributed by atoms with E-state index in [1.807, 2.05) is 26.0 Å². The molecular formula is C26H28N2O5S. The molecule has 1 amide bonds. The van der Waals surface area contributed by atoms with Crippen molar-refractivity contribution in [2.24, 2.45) is 0 Å². The van der Waals surface area contributed by atoms with Gasteiger partial charge in [0.2, 0.25) is 5.91 Å². The number of aryl methyl sites for hydroxylation is 2. The number of nitrogens with one attached hydrogen (secondary N) is 1. The Morgan fingerprint density at radius 2 is 1.65 bits per heavy atom. The van der Waals surface area contributed by atoms with Crippen LogP contribution in [0.2, 0.25) is 0 Å². The molecule has 3 aromatic carbocycles. The maximum absolute atomic E-state index is 13.6. The summed E-state index contributed by atoms with van der Waals surface area (Å²) in [6.07, 6.45) is 0.597. The number of benzene rings is 3. The highest BCUT2D eigenvalue weighted by atomic mass is 32.2. The third-order valence-electron chi connectivity index (χ3n) is 5.19. The molecule has 0 aliphatic carbocycles. The fraction of sp³-hybridized carbons (Fsp3) is 0.231. The molecule has 0 spiro atoms. The lowest BCUT2D eigenvalue weighted by atomic mass is 10.1. The first-order chi connectivity index (χ1) is 16.3. The van der Waals surface area contributed by atoms with Crippen LogP contribution in [0.5, 0.6) is 0 Å². The molecule has 0 atom stereocenters. The average molecular weight is 481 g/mol. The summed E-state index contributed by atoms with van der Waals surface area (Å²) in [5.74, 6) is -1.04. The lowest BCUT2D eigenvalue weighted by Gasteiger charge is -2.26. The summed E-state index contributed by atoms with van der Waals surface area (Å²) in [5, 5.41) is 2.70. The van der Waals surface area contributed by atoms with E-state index in [2.05, 4.69) is 5.32 Å². The summed E-state index contributed by atoms with van der Waals surface area (Å²) in [5.41, 5.74) is 2.84. The van der Waals surface area contributed by atoms with Gasteiger partial charge in [-0.1, -0.05) is 48.9 Å². The van der Waals surface area contributed by atoms with Crippen LogP contribution in [0, 0.1) is 6.92 Å². The average Bonchev–Trinajstić information content (AvgIpc) is 2.83. The van der Waals surface area contributed by atoms with Gasteiger partial charge >= 0.3 is 5.97 Å². The number of anilines is 2. The number of hydrogen-bond donors (Lipinski definition) is 1. The second kappa shape index (κ2) is 11.0. The molecule has 0 saturated heterocycles. The normalized spacial score (nSPS) is 11.0. The van der Waals surface area contributed by atoms with Crippen LogP contribution >= 0.6 is 0 Å². The molecule has 0 saturated carbocycles. The largest absolute Gasteiger partial charge is 0.462 e. The second-order valence-corrected chi connectivity index (χ2v) is 9.52. The van der Waals surface area contributed by atoms with Gasteiger partial charge in [0.1, 0.15) is 6.54 Å². The Bertz CT molecular complexity index is 1270. The molecule has 0 heterocycles. The highest BCUT2D eigenvalue weighted by Gasteiger charge is 2.28. The first-order valence-electron chi connectivity index (χ1n) is 11.0. The zero-order valence-corrected chi connectivity index (χ0v) is 20.3. The molecule has 1 N–H and O–H groups in total. The SMILES string of the molecule is CCOC(=O)c1cccc(NC(=O)CN(c2ccccc2CC)S(=O)(=O)c2ccc(C)cc2)c1. The van der Waals surface area contributed by atoms with E-state index >= 15 is 0 Å². The summed E-state index contributed by atoms with van der Waals surface area (Å²) in [4.78, 5) is 25.1. The van der Waals surface area contributed by atoms with E-state index in [0.29, 0.717) is 23.4 Å². The van der Waals surface area contributed by atoms with Crippen LogP contribution in [0.25, 0.3) is 0 Å². The van der Waals surface area contributed by atoms with Crippen molar-refractivity contribution in [3.63, 3.8) is 0 Å². The maximum atomic E-state index is 13.6. The number of ether oxygens (including phenoxy) is 1. The van der Waals surface area contributed by atoms with Crippen LogP contribution < -0.4 is 9.62 Å². The highest BCUT2D eigenvalue weighted by Crippen LogP contribution is 2.28. The van der Waals surface area contributed by atoms with Gasteiger partial charge in [-0.2, -0.15) is 0 Å². The smallest absolute Gasteiger partial charge is 0.338 e. The predicted octanol–water partition coefficient (Wildman–Crippen LogP) is 4.57. The Hall–Kier alpha value is -3.65. The van der Waals surface area contributed by atoms with E-state index < -0.39 is 28.4 Å². The number of carbonyl (C=O) groups excluding carboxylic acids is 2. The molecule has 0 bridgehead atoms. The molecule has 0 fully saturated rings. The van der Waals surface area contributed by atoms with Crippen LogP contribution in [-0.2, 0) is 26.0 Å². The molecular weight excluding hydrogens is 452 g/mol. The first kappa shape index (κ1) is 25.0. The van der Waals surface area contributed by atoms with Gasteiger partial charge in [-0.25, -0.2) is 13.2 Å². The predicted molar refractivity (Wildman–Crippen MR) is 133 cm³/mol. The Morgan fingerprint density at radius 3 is 2.32 bits per heavy atom. The number of rotatable bonds is 9. The highest BCUT2D eigenvalue weighted by molar-refractivity contribution is 7.92. The van der Waals surface area contributed by atoms with Crippen molar-refractivity contribution in [1.82, 2.24) is 0 Å². The molecule has 0 unspecified atom stereocenters. The minimum Gasteiger partial charge on any atom is -0.462 e.